The van der Waals surface area contributed by atoms with E-state index in [4.69, 9.17) is 5.73 Å². The van der Waals surface area contributed by atoms with Crippen LogP contribution >= 0.6 is 0 Å². The standard InChI is InChI=1S/C16H19N3O/c1-2-4-12-6-8-13(9-7-12)11-19-16(20)14-5-3-10-18-15(14)17/h3,5-10H,2,4,11H2,1H3,(H2,17,18)(H,19,20). The number of anilines is 1. The number of nitrogens with zero attached hydrogens (tertiary/aromatic N) is 1. The topological polar surface area (TPSA) is 68.0 Å². The van der Waals surface area contributed by atoms with Crippen LogP contribution in [0.15, 0.2) is 42.6 Å². The van der Waals surface area contributed by atoms with Crippen molar-refractivity contribution in [3.05, 3.63) is 59.3 Å². The van der Waals surface area contributed by atoms with Crippen LogP contribution in [-0.2, 0) is 13.0 Å². The minimum Gasteiger partial charge on any atom is -0.383 e. The predicted octanol–water partition coefficient (Wildman–Crippen LogP) is 2.55. The number of carbonyl (C=O) groups is 1. The molecule has 0 bridgehead atoms. The monoisotopic (exact) mass is 269 g/mol. The van der Waals surface area contributed by atoms with Crippen molar-refractivity contribution in [1.29, 1.82) is 0 Å². The van der Waals surface area contributed by atoms with Crippen molar-refractivity contribution < 1.29 is 4.79 Å². The van der Waals surface area contributed by atoms with Gasteiger partial charge in [0.05, 0.1) is 5.56 Å². The molecule has 0 aliphatic heterocycles. The summed E-state index contributed by atoms with van der Waals surface area (Å²) in [4.78, 5) is 15.9. The number of carbonyl (C=O) groups excluding carboxylic acids is 1. The van der Waals surface area contributed by atoms with Gasteiger partial charge >= 0.3 is 0 Å². The van der Waals surface area contributed by atoms with E-state index in [1.165, 1.54) is 5.56 Å². The molecule has 0 fully saturated rings. The number of nitrogen functional groups attached to an aromatic ring is 1. The summed E-state index contributed by atoms with van der Waals surface area (Å²) in [5.74, 6) is 0.0523. The lowest BCUT2D eigenvalue weighted by molar-refractivity contribution is 0.0951. The number of nitrogens with two attached hydrogens (primary N) is 1. The predicted molar refractivity (Wildman–Crippen MR) is 80.3 cm³/mol. The van der Waals surface area contributed by atoms with E-state index < -0.39 is 0 Å². The van der Waals surface area contributed by atoms with Crippen LogP contribution in [0.3, 0.4) is 0 Å². The van der Waals surface area contributed by atoms with Gasteiger partial charge in [0.25, 0.3) is 5.91 Å². The molecule has 3 N–H and O–H groups in total. The first-order valence-corrected chi connectivity index (χ1v) is 6.77. The molecule has 0 saturated carbocycles. The highest BCUT2D eigenvalue weighted by atomic mass is 16.1. The van der Waals surface area contributed by atoms with Gasteiger partial charge in [-0.25, -0.2) is 4.98 Å². The van der Waals surface area contributed by atoms with Crippen molar-refractivity contribution in [2.24, 2.45) is 0 Å². The number of hydrogen-bond acceptors (Lipinski definition) is 3. The zero-order valence-electron chi connectivity index (χ0n) is 11.6. The van der Waals surface area contributed by atoms with Gasteiger partial charge in [0.1, 0.15) is 5.82 Å². The molecule has 104 valence electrons. The molecule has 0 aliphatic rings. The first kappa shape index (κ1) is 14.1. The summed E-state index contributed by atoms with van der Waals surface area (Å²) in [5, 5.41) is 2.85. The second-order valence-electron chi connectivity index (χ2n) is 4.69. The third kappa shape index (κ3) is 3.57. The molecule has 0 spiro atoms. The van der Waals surface area contributed by atoms with Gasteiger partial charge in [-0.05, 0) is 29.7 Å². The van der Waals surface area contributed by atoms with Crippen molar-refractivity contribution in [2.45, 2.75) is 26.3 Å². The van der Waals surface area contributed by atoms with Crippen LogP contribution in [0.1, 0.15) is 34.8 Å². The number of nitrogens with one attached hydrogen (secondary N) is 1. The fourth-order valence-electron chi connectivity index (χ4n) is 2.00. The molecule has 2 aromatic rings. The average molecular weight is 269 g/mol. The van der Waals surface area contributed by atoms with Gasteiger partial charge in [0, 0.05) is 12.7 Å². The first-order valence-electron chi connectivity index (χ1n) is 6.77. The number of aromatic nitrogens is 1. The normalized spacial score (nSPS) is 10.2. The first-order chi connectivity index (χ1) is 9.70. The largest absolute Gasteiger partial charge is 0.383 e. The van der Waals surface area contributed by atoms with Gasteiger partial charge in [-0.1, -0.05) is 37.6 Å². The van der Waals surface area contributed by atoms with Gasteiger partial charge in [0.15, 0.2) is 0 Å². The maximum atomic E-state index is 12.0. The molecular formula is C16H19N3O. The van der Waals surface area contributed by atoms with E-state index in [0.29, 0.717) is 12.1 Å². The van der Waals surface area contributed by atoms with Crippen LogP contribution in [0.25, 0.3) is 0 Å². The minimum atomic E-state index is -0.201. The Hall–Kier alpha value is -2.36. The van der Waals surface area contributed by atoms with E-state index in [2.05, 4.69) is 29.4 Å². The van der Waals surface area contributed by atoms with Gasteiger partial charge in [0.2, 0.25) is 0 Å². The highest BCUT2D eigenvalue weighted by molar-refractivity contribution is 5.98. The molecule has 0 saturated heterocycles. The SMILES string of the molecule is CCCc1ccc(CNC(=O)c2cccnc2N)cc1. The Bertz CT molecular complexity index is 579. The van der Waals surface area contributed by atoms with Gasteiger partial charge in [-0.15, -0.1) is 0 Å². The molecule has 0 unspecified atom stereocenters. The minimum absolute atomic E-state index is 0.201. The molecule has 2 rings (SSSR count). The van der Waals surface area contributed by atoms with E-state index >= 15 is 0 Å². The molecule has 1 aromatic heterocycles. The fraction of sp³-hybridized carbons (Fsp3) is 0.250. The third-order valence-corrected chi connectivity index (χ3v) is 3.10. The van der Waals surface area contributed by atoms with E-state index in [0.717, 1.165) is 18.4 Å². The van der Waals surface area contributed by atoms with Gasteiger partial charge < -0.3 is 11.1 Å². The van der Waals surface area contributed by atoms with Gasteiger partial charge in [-0.2, -0.15) is 0 Å². The molecule has 0 aliphatic carbocycles. The van der Waals surface area contributed by atoms with Gasteiger partial charge in [-0.3, -0.25) is 4.79 Å². The van der Waals surface area contributed by atoms with Crippen LogP contribution in [0, 0.1) is 0 Å². The van der Waals surface area contributed by atoms with Crippen LogP contribution in [0.2, 0.25) is 0 Å². The smallest absolute Gasteiger partial charge is 0.255 e. The Balaban J connectivity index is 1.95. The number of amides is 1. The van der Waals surface area contributed by atoms with Crippen molar-refractivity contribution in [3.63, 3.8) is 0 Å². The Morgan fingerprint density at radius 3 is 2.55 bits per heavy atom. The zero-order valence-corrected chi connectivity index (χ0v) is 11.6. The number of benzene rings is 1. The van der Waals surface area contributed by atoms with Crippen molar-refractivity contribution >= 4 is 11.7 Å². The number of aryl methyl sites for hydroxylation is 1. The summed E-state index contributed by atoms with van der Waals surface area (Å²) in [6.45, 7) is 2.64. The fourth-order valence-corrected chi connectivity index (χ4v) is 2.00. The number of pyridine rings is 1. The number of rotatable bonds is 5. The quantitative estimate of drug-likeness (QED) is 0.876. The summed E-state index contributed by atoms with van der Waals surface area (Å²) in [6.07, 6.45) is 3.79. The molecule has 20 heavy (non-hydrogen) atoms. The molecular weight excluding hydrogens is 250 g/mol. The second-order valence-corrected chi connectivity index (χ2v) is 4.69. The Labute approximate surface area is 119 Å². The van der Waals surface area contributed by atoms with Crippen molar-refractivity contribution in [1.82, 2.24) is 10.3 Å². The molecule has 1 heterocycles. The molecule has 0 radical (unpaired) electrons. The molecule has 4 nitrogen and oxygen atoms in total. The Morgan fingerprint density at radius 2 is 1.90 bits per heavy atom. The summed E-state index contributed by atoms with van der Waals surface area (Å²) < 4.78 is 0. The van der Waals surface area contributed by atoms with Crippen LogP contribution in [0.4, 0.5) is 5.82 Å². The number of hydrogen-bond donors (Lipinski definition) is 2. The summed E-state index contributed by atoms with van der Waals surface area (Å²) in [5.41, 5.74) is 8.47. The summed E-state index contributed by atoms with van der Waals surface area (Å²) >= 11 is 0. The summed E-state index contributed by atoms with van der Waals surface area (Å²) in [6, 6.07) is 11.6. The van der Waals surface area contributed by atoms with Crippen LogP contribution in [0.5, 0.6) is 0 Å². The van der Waals surface area contributed by atoms with Crippen LogP contribution in [-0.4, -0.2) is 10.9 Å². The van der Waals surface area contributed by atoms with Crippen molar-refractivity contribution in [3.8, 4) is 0 Å². The van der Waals surface area contributed by atoms with E-state index in [1.54, 1.807) is 18.3 Å². The third-order valence-electron chi connectivity index (χ3n) is 3.10. The molecule has 0 atom stereocenters. The van der Waals surface area contributed by atoms with E-state index in [9.17, 15) is 4.79 Å². The Morgan fingerprint density at radius 1 is 1.20 bits per heavy atom. The second kappa shape index (κ2) is 6.70. The van der Waals surface area contributed by atoms with Crippen molar-refractivity contribution in [2.75, 3.05) is 5.73 Å². The van der Waals surface area contributed by atoms with E-state index in [1.807, 2.05) is 12.1 Å². The maximum Gasteiger partial charge on any atom is 0.255 e. The lowest BCUT2D eigenvalue weighted by Gasteiger charge is -2.07. The average Bonchev–Trinajstić information content (AvgIpc) is 2.47. The highest BCUT2D eigenvalue weighted by Gasteiger charge is 2.09. The Kier molecular flexibility index (Phi) is 4.71. The zero-order chi connectivity index (χ0) is 14.4. The van der Waals surface area contributed by atoms with E-state index in [-0.39, 0.29) is 11.7 Å². The molecule has 1 amide bonds. The lowest BCUT2D eigenvalue weighted by atomic mass is 10.1. The lowest BCUT2D eigenvalue weighted by Crippen LogP contribution is -2.24. The maximum absolute atomic E-state index is 12.0. The summed E-state index contributed by atoms with van der Waals surface area (Å²) in [7, 11) is 0. The highest BCUT2D eigenvalue weighted by Crippen LogP contribution is 2.09. The molecule has 1 aromatic carbocycles. The molecule has 4 heteroatoms. The van der Waals surface area contributed by atoms with Crippen LogP contribution < -0.4 is 11.1 Å².